The lowest BCUT2D eigenvalue weighted by Crippen LogP contribution is -2.25. The van der Waals surface area contributed by atoms with Crippen LogP contribution in [0.15, 0.2) is 24.3 Å². The second kappa shape index (κ2) is 23.7. The first-order chi connectivity index (χ1) is 21.8. The van der Waals surface area contributed by atoms with E-state index in [0.29, 0.717) is 5.92 Å². The number of aliphatic hydroxyl groups excluding tert-OH is 1. The fourth-order valence-electron chi connectivity index (χ4n) is 3.99. The lowest BCUT2D eigenvalue weighted by molar-refractivity contribution is -0.170. The monoisotopic (exact) mass is 802 g/mol. The quantitative estimate of drug-likeness (QED) is 0.0752. The number of rotatable bonds is 11. The van der Waals surface area contributed by atoms with Gasteiger partial charge in [0.15, 0.2) is 9.67 Å². The second-order valence-electron chi connectivity index (χ2n) is 11.6. The van der Waals surface area contributed by atoms with Crippen LogP contribution in [0.1, 0.15) is 106 Å². The number of alkyl halides is 2. The molecular formula is C33H52ClIO12. The molecule has 0 spiro atoms. The molecular weight excluding hydrogens is 751 g/mol. The van der Waals surface area contributed by atoms with E-state index in [9.17, 15) is 24.3 Å². The zero-order valence-electron chi connectivity index (χ0n) is 29.0. The van der Waals surface area contributed by atoms with Crippen molar-refractivity contribution in [3.8, 4) is 0 Å². The molecule has 14 heteroatoms. The maximum absolute atomic E-state index is 12.3. The Hall–Kier alpha value is -2.52. The SMILES string of the molecule is CC(C)OC(=O)OC(C)Cl.CC(C)OC(=O)OC(C)I.CC(C)OC(=O)OC(C)OC(=O)[C@@H](C)c1ccc(C[C@H]2CCC[C@@H]2O)cc1. The van der Waals surface area contributed by atoms with Crippen LogP contribution in [0.3, 0.4) is 0 Å². The van der Waals surface area contributed by atoms with Crippen molar-refractivity contribution in [3.05, 3.63) is 35.4 Å². The summed E-state index contributed by atoms with van der Waals surface area (Å²) in [6, 6.07) is 7.79. The van der Waals surface area contributed by atoms with Gasteiger partial charge in [-0.05, 0) is 121 Å². The first-order valence-corrected chi connectivity index (χ1v) is 17.4. The van der Waals surface area contributed by atoms with Gasteiger partial charge in [-0.25, -0.2) is 14.4 Å². The van der Waals surface area contributed by atoms with Crippen LogP contribution < -0.4 is 0 Å². The van der Waals surface area contributed by atoms with Gasteiger partial charge in [0.25, 0.3) is 0 Å². The number of esters is 1. The van der Waals surface area contributed by atoms with Crippen molar-refractivity contribution in [1.82, 2.24) is 0 Å². The minimum absolute atomic E-state index is 0.109. The third-order valence-electron chi connectivity index (χ3n) is 6.01. The van der Waals surface area contributed by atoms with Crippen molar-refractivity contribution in [3.63, 3.8) is 0 Å². The fourth-order valence-corrected chi connectivity index (χ4v) is 4.27. The predicted molar refractivity (Wildman–Crippen MR) is 184 cm³/mol. The van der Waals surface area contributed by atoms with Crippen LogP contribution in [-0.2, 0) is 44.4 Å². The number of ether oxygens (including phenoxy) is 7. The van der Waals surface area contributed by atoms with E-state index in [-0.39, 0.29) is 28.5 Å². The molecule has 3 unspecified atom stereocenters. The summed E-state index contributed by atoms with van der Waals surface area (Å²) in [6.45, 7) is 17.0. The van der Waals surface area contributed by atoms with Crippen LogP contribution in [-0.4, -0.2) is 69.9 Å². The third kappa shape index (κ3) is 22.6. The summed E-state index contributed by atoms with van der Waals surface area (Å²) in [6.07, 6.45) is -0.114. The number of hydrogen-bond acceptors (Lipinski definition) is 12. The Labute approximate surface area is 297 Å². The number of carbonyl (C=O) groups is 4. The zero-order valence-corrected chi connectivity index (χ0v) is 31.9. The van der Waals surface area contributed by atoms with E-state index < -0.39 is 42.2 Å². The Morgan fingerprint density at radius 1 is 0.723 bits per heavy atom. The van der Waals surface area contributed by atoms with Crippen LogP contribution in [0.4, 0.5) is 14.4 Å². The van der Waals surface area contributed by atoms with Gasteiger partial charge >= 0.3 is 24.4 Å². The molecule has 1 aliphatic carbocycles. The Balaban J connectivity index is 0.000000868. The fraction of sp³-hybridized carbons (Fsp3) is 0.697. The largest absolute Gasteiger partial charge is 0.511 e. The molecule has 0 amide bonds. The molecule has 0 heterocycles. The topological polar surface area (TPSA) is 153 Å². The van der Waals surface area contributed by atoms with E-state index in [0.717, 1.165) is 36.8 Å². The van der Waals surface area contributed by atoms with Crippen LogP contribution in [0.2, 0.25) is 0 Å². The molecule has 1 saturated carbocycles. The molecule has 1 aliphatic rings. The van der Waals surface area contributed by atoms with Crippen LogP contribution in [0.25, 0.3) is 0 Å². The first-order valence-electron chi connectivity index (χ1n) is 15.7. The molecule has 1 aromatic carbocycles. The summed E-state index contributed by atoms with van der Waals surface area (Å²) in [5.74, 6) is -0.635. The normalized spacial score (nSPS) is 17.9. The Bertz CT molecular complexity index is 1010. The molecule has 12 nitrogen and oxygen atoms in total. The Morgan fingerprint density at radius 2 is 1.19 bits per heavy atom. The maximum Gasteiger partial charge on any atom is 0.511 e. The van der Waals surface area contributed by atoms with Crippen molar-refractivity contribution >= 4 is 58.6 Å². The van der Waals surface area contributed by atoms with Crippen molar-refractivity contribution in [2.24, 2.45) is 5.92 Å². The van der Waals surface area contributed by atoms with E-state index in [1.54, 1.807) is 62.3 Å². The maximum atomic E-state index is 12.3. The Kier molecular flexibility index (Phi) is 22.5. The molecule has 0 bridgehead atoms. The molecule has 1 aromatic rings. The van der Waals surface area contributed by atoms with E-state index in [2.05, 4.69) is 14.2 Å². The van der Waals surface area contributed by atoms with Gasteiger partial charge in [-0.2, -0.15) is 0 Å². The summed E-state index contributed by atoms with van der Waals surface area (Å²) in [7, 11) is 0. The minimum Gasteiger partial charge on any atom is -0.432 e. The molecule has 0 radical (unpaired) electrons. The van der Waals surface area contributed by atoms with Gasteiger partial charge in [-0.1, -0.05) is 42.3 Å². The highest BCUT2D eigenvalue weighted by Crippen LogP contribution is 2.29. The van der Waals surface area contributed by atoms with E-state index in [1.807, 2.05) is 46.9 Å². The van der Waals surface area contributed by atoms with Crippen LogP contribution in [0, 0.1) is 5.92 Å². The van der Waals surface area contributed by atoms with E-state index in [1.165, 1.54) is 6.92 Å². The van der Waals surface area contributed by atoms with Gasteiger partial charge < -0.3 is 38.3 Å². The van der Waals surface area contributed by atoms with Gasteiger partial charge in [0.1, 0.15) is 0 Å². The molecule has 1 N–H and O–H groups in total. The van der Waals surface area contributed by atoms with Crippen LogP contribution >= 0.6 is 34.2 Å². The van der Waals surface area contributed by atoms with E-state index in [4.69, 9.17) is 30.5 Å². The lowest BCUT2D eigenvalue weighted by atomic mass is 9.93. The molecule has 47 heavy (non-hydrogen) atoms. The summed E-state index contributed by atoms with van der Waals surface area (Å²) in [4.78, 5) is 44.9. The van der Waals surface area contributed by atoms with Crippen molar-refractivity contribution in [1.29, 1.82) is 0 Å². The Morgan fingerprint density at radius 3 is 1.60 bits per heavy atom. The summed E-state index contributed by atoms with van der Waals surface area (Å²) >= 11 is 7.31. The van der Waals surface area contributed by atoms with Crippen molar-refractivity contribution in [2.45, 2.75) is 141 Å². The van der Waals surface area contributed by atoms with Gasteiger partial charge in [-0.3, -0.25) is 4.79 Å². The molecule has 6 atom stereocenters. The van der Waals surface area contributed by atoms with Crippen molar-refractivity contribution < 1.29 is 57.4 Å². The minimum atomic E-state index is -1.02. The van der Waals surface area contributed by atoms with Gasteiger partial charge in [0.05, 0.1) is 30.3 Å². The van der Waals surface area contributed by atoms with E-state index >= 15 is 0 Å². The van der Waals surface area contributed by atoms with Gasteiger partial charge in [0, 0.05) is 6.92 Å². The second-order valence-corrected chi connectivity index (χ2v) is 14.0. The molecule has 0 aromatic heterocycles. The molecule has 0 aliphatic heterocycles. The van der Waals surface area contributed by atoms with Crippen LogP contribution in [0.5, 0.6) is 0 Å². The molecule has 270 valence electrons. The number of benzene rings is 1. The third-order valence-corrected chi connectivity index (χ3v) is 6.35. The number of aliphatic hydroxyl groups is 1. The standard InChI is InChI=1S/C21H30O6.C6H11ClO3.C6H11IO3/c1-13(2)25-21(24)27-15(4)26-20(23)14(3)17-10-8-16(9-11-17)12-18-6-5-7-19(18)22;2*1-4(2)9-6(8)10-5(3)7/h8-11,13-15,18-19,22H,5-7,12H2,1-4H3;2*4-5H,1-3H3/t14-,15?,18+,19-;;/m0../s1. The summed E-state index contributed by atoms with van der Waals surface area (Å²) in [5.41, 5.74) is 1.34. The van der Waals surface area contributed by atoms with Gasteiger partial charge in [0.2, 0.25) is 6.29 Å². The highest BCUT2D eigenvalue weighted by atomic mass is 127. The molecule has 2 rings (SSSR count). The number of hydrogen-bond donors (Lipinski definition) is 1. The summed E-state index contributed by atoms with van der Waals surface area (Å²) < 4.78 is 33.2. The van der Waals surface area contributed by atoms with Crippen molar-refractivity contribution in [2.75, 3.05) is 0 Å². The summed E-state index contributed by atoms with van der Waals surface area (Å²) in [5, 5.41) is 9.95. The average Bonchev–Trinajstić information content (AvgIpc) is 3.30. The number of carbonyl (C=O) groups excluding carboxylic acids is 4. The number of halogens is 2. The smallest absolute Gasteiger partial charge is 0.432 e. The molecule has 0 saturated heterocycles. The molecule has 1 fully saturated rings. The lowest BCUT2D eigenvalue weighted by Gasteiger charge is -2.18. The highest BCUT2D eigenvalue weighted by Gasteiger charge is 2.26. The highest BCUT2D eigenvalue weighted by molar-refractivity contribution is 14.1. The first kappa shape index (κ1) is 44.5. The predicted octanol–water partition coefficient (Wildman–Crippen LogP) is 8.41. The average molecular weight is 803 g/mol. The van der Waals surface area contributed by atoms with Gasteiger partial charge in [-0.15, -0.1) is 0 Å². The zero-order chi connectivity index (χ0) is 36.3.